The molecule has 0 saturated heterocycles. The summed E-state index contributed by atoms with van der Waals surface area (Å²) in [4.78, 5) is 23.3. The zero-order chi connectivity index (χ0) is 21.9. The molecule has 7 nitrogen and oxygen atoms in total. The van der Waals surface area contributed by atoms with Crippen LogP contribution in [0.2, 0.25) is 5.02 Å². The van der Waals surface area contributed by atoms with E-state index < -0.39 is 21.9 Å². The molecule has 0 aromatic heterocycles. The van der Waals surface area contributed by atoms with E-state index in [1.165, 1.54) is 54.6 Å². The molecule has 0 spiro atoms. The molecule has 2 N–H and O–H groups in total. The summed E-state index contributed by atoms with van der Waals surface area (Å²) in [7, 11) is -3.95. The lowest BCUT2D eigenvalue weighted by Gasteiger charge is -2.12. The average Bonchev–Trinajstić information content (AvgIpc) is 2.70. The third-order valence-electron chi connectivity index (χ3n) is 4.21. The van der Waals surface area contributed by atoms with Gasteiger partial charge in [0.15, 0.2) is 0 Å². The third kappa shape index (κ3) is 4.97. The predicted molar refractivity (Wildman–Crippen MR) is 112 cm³/mol. The quantitative estimate of drug-likeness (QED) is 0.607. The standard InChI is InChI=1S/C21H17ClN2O5S/c1-13-2-3-15(20(25)23-17-8-4-14(5-9-17)21(26)27)12-19(13)30(28,29)24-18-10-6-16(22)7-11-18/h2-12,24H,1H3,(H,23,25)(H,26,27)/p-1. The molecule has 30 heavy (non-hydrogen) atoms. The van der Waals surface area contributed by atoms with Crippen molar-refractivity contribution in [2.75, 3.05) is 10.0 Å². The fraction of sp³-hybridized carbons (Fsp3) is 0.0476. The van der Waals surface area contributed by atoms with Gasteiger partial charge < -0.3 is 15.2 Å². The number of nitrogens with one attached hydrogen (secondary N) is 2. The normalized spacial score (nSPS) is 11.0. The summed E-state index contributed by atoms with van der Waals surface area (Å²) in [5, 5.41) is 13.9. The van der Waals surface area contributed by atoms with Crippen molar-refractivity contribution in [2.24, 2.45) is 0 Å². The van der Waals surface area contributed by atoms with Gasteiger partial charge in [0.25, 0.3) is 15.9 Å². The van der Waals surface area contributed by atoms with E-state index in [1.807, 2.05) is 0 Å². The lowest BCUT2D eigenvalue weighted by molar-refractivity contribution is -0.255. The van der Waals surface area contributed by atoms with Gasteiger partial charge in [0.05, 0.1) is 10.9 Å². The van der Waals surface area contributed by atoms with Crippen LogP contribution in [0.1, 0.15) is 26.3 Å². The Hall–Kier alpha value is -3.36. The van der Waals surface area contributed by atoms with Crippen molar-refractivity contribution in [1.82, 2.24) is 0 Å². The number of rotatable bonds is 6. The molecule has 3 aromatic rings. The van der Waals surface area contributed by atoms with Crippen LogP contribution in [-0.2, 0) is 10.0 Å². The van der Waals surface area contributed by atoms with Crippen molar-refractivity contribution in [2.45, 2.75) is 11.8 Å². The SMILES string of the molecule is Cc1ccc(C(=O)Nc2ccc(C(=O)[O-])cc2)cc1S(=O)(=O)Nc1ccc(Cl)cc1. The maximum absolute atomic E-state index is 12.8. The molecule has 1 amide bonds. The maximum atomic E-state index is 12.8. The molecule has 0 bridgehead atoms. The highest BCUT2D eigenvalue weighted by Crippen LogP contribution is 2.22. The summed E-state index contributed by atoms with van der Waals surface area (Å²) in [6, 6.07) is 15.9. The first-order chi connectivity index (χ1) is 14.2. The number of carboxylic acid groups (broad SMARTS) is 1. The zero-order valence-corrected chi connectivity index (χ0v) is 17.3. The lowest BCUT2D eigenvalue weighted by atomic mass is 10.1. The van der Waals surface area contributed by atoms with Crippen molar-refractivity contribution in [3.05, 3.63) is 88.4 Å². The van der Waals surface area contributed by atoms with Gasteiger partial charge in [0.1, 0.15) is 0 Å². The van der Waals surface area contributed by atoms with Crippen LogP contribution in [0.3, 0.4) is 0 Å². The van der Waals surface area contributed by atoms with Crippen molar-refractivity contribution < 1.29 is 23.1 Å². The van der Waals surface area contributed by atoms with Gasteiger partial charge in [-0.25, -0.2) is 8.42 Å². The Morgan fingerprint density at radius 2 is 1.43 bits per heavy atom. The van der Waals surface area contributed by atoms with Crippen LogP contribution >= 0.6 is 11.6 Å². The van der Waals surface area contributed by atoms with E-state index in [0.717, 1.165) is 0 Å². The molecule has 0 heterocycles. The predicted octanol–water partition coefficient (Wildman–Crippen LogP) is 3.07. The van der Waals surface area contributed by atoms with E-state index in [9.17, 15) is 23.1 Å². The molecule has 0 atom stereocenters. The van der Waals surface area contributed by atoms with Crippen LogP contribution in [0.5, 0.6) is 0 Å². The van der Waals surface area contributed by atoms with Gasteiger partial charge in [0, 0.05) is 22.0 Å². The van der Waals surface area contributed by atoms with Gasteiger partial charge >= 0.3 is 0 Å². The van der Waals surface area contributed by atoms with Crippen LogP contribution in [-0.4, -0.2) is 20.3 Å². The summed E-state index contributed by atoms with van der Waals surface area (Å²) in [6.45, 7) is 1.62. The topological polar surface area (TPSA) is 115 Å². The highest BCUT2D eigenvalue weighted by Gasteiger charge is 2.19. The molecular formula is C21H16ClN2O5S-. The van der Waals surface area contributed by atoms with Gasteiger partial charge in [-0.2, -0.15) is 0 Å². The van der Waals surface area contributed by atoms with E-state index in [-0.39, 0.29) is 16.0 Å². The number of carbonyl (C=O) groups is 2. The lowest BCUT2D eigenvalue weighted by Crippen LogP contribution is -2.22. The van der Waals surface area contributed by atoms with E-state index in [0.29, 0.717) is 22.0 Å². The van der Waals surface area contributed by atoms with Crippen molar-refractivity contribution in [3.63, 3.8) is 0 Å². The Morgan fingerprint density at radius 1 is 0.867 bits per heavy atom. The highest BCUT2D eigenvalue weighted by atomic mass is 35.5. The molecule has 154 valence electrons. The Bertz CT molecular complexity index is 1210. The molecule has 0 aliphatic rings. The number of amides is 1. The van der Waals surface area contributed by atoms with E-state index in [4.69, 9.17) is 11.6 Å². The molecule has 0 aliphatic heterocycles. The Morgan fingerprint density at radius 3 is 2.03 bits per heavy atom. The van der Waals surface area contributed by atoms with Crippen LogP contribution in [0.4, 0.5) is 11.4 Å². The van der Waals surface area contributed by atoms with Crippen molar-refractivity contribution in [1.29, 1.82) is 0 Å². The molecule has 0 saturated carbocycles. The second kappa shape index (κ2) is 8.56. The van der Waals surface area contributed by atoms with Crippen molar-refractivity contribution >= 4 is 44.9 Å². The Kier molecular flexibility index (Phi) is 6.09. The fourth-order valence-corrected chi connectivity index (χ4v) is 4.11. The highest BCUT2D eigenvalue weighted by molar-refractivity contribution is 7.92. The second-order valence-electron chi connectivity index (χ2n) is 6.41. The first-order valence-electron chi connectivity index (χ1n) is 8.67. The van der Waals surface area contributed by atoms with Crippen LogP contribution in [0.15, 0.2) is 71.6 Å². The van der Waals surface area contributed by atoms with Gasteiger partial charge in [-0.15, -0.1) is 0 Å². The smallest absolute Gasteiger partial charge is 0.262 e. The van der Waals surface area contributed by atoms with Gasteiger partial charge in [-0.1, -0.05) is 29.8 Å². The summed E-state index contributed by atoms with van der Waals surface area (Å²) in [5.74, 6) is -1.87. The Balaban J connectivity index is 1.83. The molecule has 0 fully saturated rings. The summed E-state index contributed by atoms with van der Waals surface area (Å²) in [5.41, 5.74) is 1.26. The van der Waals surface area contributed by atoms with E-state index >= 15 is 0 Å². The number of hydrogen-bond acceptors (Lipinski definition) is 5. The molecule has 9 heteroatoms. The second-order valence-corrected chi connectivity index (χ2v) is 8.50. The zero-order valence-electron chi connectivity index (χ0n) is 15.7. The molecule has 0 aliphatic carbocycles. The maximum Gasteiger partial charge on any atom is 0.262 e. The summed E-state index contributed by atoms with van der Waals surface area (Å²) in [6.07, 6.45) is 0. The number of carboxylic acids is 1. The van der Waals surface area contributed by atoms with Crippen LogP contribution in [0, 0.1) is 6.92 Å². The van der Waals surface area contributed by atoms with Crippen LogP contribution in [0.25, 0.3) is 0 Å². The number of carbonyl (C=O) groups excluding carboxylic acids is 2. The monoisotopic (exact) mass is 443 g/mol. The third-order valence-corrected chi connectivity index (χ3v) is 5.99. The summed E-state index contributed by atoms with van der Waals surface area (Å²) < 4.78 is 28.1. The van der Waals surface area contributed by atoms with Gasteiger partial charge in [-0.3, -0.25) is 9.52 Å². The number of aryl methyl sites for hydroxylation is 1. The number of sulfonamides is 1. The average molecular weight is 444 g/mol. The molecule has 0 radical (unpaired) electrons. The minimum Gasteiger partial charge on any atom is -0.545 e. The first-order valence-corrected chi connectivity index (χ1v) is 10.5. The van der Waals surface area contributed by atoms with Crippen molar-refractivity contribution in [3.8, 4) is 0 Å². The largest absolute Gasteiger partial charge is 0.545 e. The molecule has 3 aromatic carbocycles. The molecule has 0 unspecified atom stereocenters. The van der Waals surface area contributed by atoms with E-state index in [1.54, 1.807) is 19.1 Å². The van der Waals surface area contributed by atoms with Gasteiger partial charge in [0.2, 0.25) is 0 Å². The molecule has 3 rings (SSSR count). The minimum absolute atomic E-state index is 0.0232. The fourth-order valence-electron chi connectivity index (χ4n) is 2.65. The van der Waals surface area contributed by atoms with E-state index in [2.05, 4.69) is 10.0 Å². The number of hydrogen-bond donors (Lipinski definition) is 2. The minimum atomic E-state index is -3.95. The Labute approximate surface area is 178 Å². The first kappa shape index (κ1) is 21.4. The molecular weight excluding hydrogens is 428 g/mol. The number of anilines is 2. The number of aromatic carboxylic acids is 1. The number of halogens is 1. The number of benzene rings is 3. The summed E-state index contributed by atoms with van der Waals surface area (Å²) >= 11 is 5.82. The van der Waals surface area contributed by atoms with Crippen LogP contribution < -0.4 is 15.1 Å². The van der Waals surface area contributed by atoms with Gasteiger partial charge in [-0.05, 0) is 66.6 Å².